The number of ether oxygens (including phenoxy) is 1. The van der Waals surface area contributed by atoms with E-state index >= 15 is 0 Å². The molecule has 0 aromatic heterocycles. The third kappa shape index (κ3) is 2.20. The van der Waals surface area contributed by atoms with Crippen LogP contribution in [-0.2, 0) is 4.74 Å². The molecule has 3 aliphatic rings. The summed E-state index contributed by atoms with van der Waals surface area (Å²) in [7, 11) is 2.13. The van der Waals surface area contributed by atoms with Gasteiger partial charge in [-0.25, -0.2) is 10.9 Å². The van der Waals surface area contributed by atoms with Gasteiger partial charge in [-0.1, -0.05) is 30.3 Å². The van der Waals surface area contributed by atoms with Crippen LogP contribution in [0.25, 0.3) is 0 Å². The normalized spacial score (nSPS) is 32.2. The van der Waals surface area contributed by atoms with E-state index in [0.717, 1.165) is 25.9 Å². The molecule has 0 bridgehead atoms. The predicted octanol–water partition coefficient (Wildman–Crippen LogP) is 1.21. The summed E-state index contributed by atoms with van der Waals surface area (Å²) in [5.74, 6) is 0.418. The van der Waals surface area contributed by atoms with E-state index in [1.807, 2.05) is 18.2 Å². The zero-order valence-corrected chi connectivity index (χ0v) is 13.8. The summed E-state index contributed by atoms with van der Waals surface area (Å²) in [5, 5.41) is 9.80. The second kappa shape index (κ2) is 5.78. The highest BCUT2D eigenvalue weighted by molar-refractivity contribution is 5.38. The van der Waals surface area contributed by atoms with E-state index in [-0.39, 0.29) is 29.5 Å². The first-order valence-electron chi connectivity index (χ1n) is 8.47. The number of hydrogen-bond acceptors (Lipinski definition) is 6. The number of allylic oxidation sites excluding steroid dienone is 1. The number of fused-ring (bicyclic) bond motifs is 2. The third-order valence-corrected chi connectivity index (χ3v) is 5.85. The van der Waals surface area contributed by atoms with Crippen molar-refractivity contribution in [2.45, 2.75) is 25.1 Å². The van der Waals surface area contributed by atoms with Crippen LogP contribution in [-0.4, -0.2) is 31.3 Å². The molecule has 2 fully saturated rings. The van der Waals surface area contributed by atoms with E-state index in [2.05, 4.69) is 41.0 Å². The van der Waals surface area contributed by atoms with Crippen LogP contribution in [0, 0.1) is 22.7 Å². The second-order valence-electron chi connectivity index (χ2n) is 7.05. The maximum absolute atomic E-state index is 9.80. The van der Waals surface area contributed by atoms with Gasteiger partial charge in [-0.15, -0.1) is 0 Å². The zero-order chi connectivity index (χ0) is 16.7. The molecule has 6 nitrogen and oxygen atoms in total. The minimum Gasteiger partial charge on any atom is -0.458 e. The molecule has 0 amide bonds. The van der Waals surface area contributed by atoms with Crippen LogP contribution in [0.2, 0.25) is 0 Å². The Morgan fingerprint density at radius 2 is 1.96 bits per heavy atom. The van der Waals surface area contributed by atoms with Crippen molar-refractivity contribution in [2.75, 3.05) is 20.1 Å². The lowest BCUT2D eigenvalue weighted by molar-refractivity contribution is -0.0419. The van der Waals surface area contributed by atoms with Crippen LogP contribution in [0.15, 0.2) is 41.8 Å². The minimum atomic E-state index is -0.245. The number of hydrazine groups is 1. The topological polar surface area (TPSA) is 86.3 Å². The summed E-state index contributed by atoms with van der Waals surface area (Å²) in [4.78, 5) is 2.31. The Labute approximate surface area is 142 Å². The fourth-order valence-corrected chi connectivity index (χ4v) is 4.56. The molecular weight excluding hydrogens is 302 g/mol. The molecule has 4 N–H and O–H groups in total. The van der Waals surface area contributed by atoms with Crippen molar-refractivity contribution in [3.8, 4) is 6.07 Å². The van der Waals surface area contributed by atoms with Gasteiger partial charge >= 0.3 is 0 Å². The summed E-state index contributed by atoms with van der Waals surface area (Å²) in [6.07, 6.45) is 1.63. The smallest absolute Gasteiger partial charge is 0.200 e. The molecule has 3 unspecified atom stereocenters. The minimum absolute atomic E-state index is 0.0936. The van der Waals surface area contributed by atoms with Crippen molar-refractivity contribution in [1.29, 1.82) is 5.26 Å². The number of likely N-dealkylation sites (tertiary alicyclic amines) is 1. The maximum atomic E-state index is 9.80. The van der Waals surface area contributed by atoms with Gasteiger partial charge in [0.15, 0.2) is 6.23 Å². The molecule has 4 rings (SSSR count). The average molecular weight is 325 g/mol. The van der Waals surface area contributed by atoms with Crippen LogP contribution in [0.3, 0.4) is 0 Å². The Hall–Kier alpha value is -2.07. The SMILES string of the molecule is CN1CCC2(CC1)C(C#N)=C(N)OC1NNC(c3ccccc3)C12. The van der Waals surface area contributed by atoms with Gasteiger partial charge in [0.25, 0.3) is 0 Å². The van der Waals surface area contributed by atoms with Gasteiger partial charge in [0, 0.05) is 11.3 Å². The van der Waals surface area contributed by atoms with Gasteiger partial charge in [0.2, 0.25) is 5.88 Å². The van der Waals surface area contributed by atoms with E-state index in [4.69, 9.17) is 10.5 Å². The molecule has 1 spiro atoms. The summed E-state index contributed by atoms with van der Waals surface area (Å²) >= 11 is 0. The Bertz CT molecular complexity index is 687. The highest BCUT2D eigenvalue weighted by Gasteiger charge is 2.58. The number of nitrogens with zero attached hydrogens (tertiary/aromatic N) is 2. The predicted molar refractivity (Wildman–Crippen MR) is 89.8 cm³/mol. The van der Waals surface area contributed by atoms with Gasteiger partial charge in [-0.2, -0.15) is 5.26 Å². The third-order valence-electron chi connectivity index (χ3n) is 5.85. The first-order valence-corrected chi connectivity index (χ1v) is 8.47. The zero-order valence-electron chi connectivity index (χ0n) is 13.8. The molecule has 2 saturated heterocycles. The molecule has 24 heavy (non-hydrogen) atoms. The highest BCUT2D eigenvalue weighted by atomic mass is 16.5. The summed E-state index contributed by atoms with van der Waals surface area (Å²) in [5.41, 5.74) is 14.4. The van der Waals surface area contributed by atoms with Crippen LogP contribution < -0.4 is 16.6 Å². The Morgan fingerprint density at radius 1 is 1.25 bits per heavy atom. The first-order chi connectivity index (χ1) is 11.7. The fourth-order valence-electron chi connectivity index (χ4n) is 4.56. The standard InChI is InChI=1S/C18H23N5O/c1-23-9-7-18(8-10-23)13(11-19)16(20)24-17-14(18)15(21-22-17)12-5-3-2-4-6-12/h2-6,14-15,17,21-22H,7-10,20H2,1H3. The van der Waals surface area contributed by atoms with Gasteiger partial charge in [-0.05, 0) is 38.5 Å². The van der Waals surface area contributed by atoms with Crippen molar-refractivity contribution >= 4 is 0 Å². The number of rotatable bonds is 1. The average Bonchev–Trinajstić information content (AvgIpc) is 3.03. The lowest BCUT2D eigenvalue weighted by Crippen LogP contribution is -2.52. The Morgan fingerprint density at radius 3 is 2.62 bits per heavy atom. The van der Waals surface area contributed by atoms with E-state index in [9.17, 15) is 5.26 Å². The molecule has 3 aliphatic heterocycles. The molecule has 3 heterocycles. The molecule has 0 aliphatic carbocycles. The fraction of sp³-hybridized carbons (Fsp3) is 0.500. The molecule has 1 aromatic carbocycles. The van der Waals surface area contributed by atoms with Crippen molar-refractivity contribution < 1.29 is 4.74 Å². The largest absolute Gasteiger partial charge is 0.458 e. The van der Waals surface area contributed by atoms with E-state index in [1.54, 1.807) is 0 Å². The first kappa shape index (κ1) is 15.5. The number of nitriles is 1. The Balaban J connectivity index is 1.79. The van der Waals surface area contributed by atoms with Gasteiger partial charge in [0.05, 0.1) is 11.6 Å². The van der Waals surface area contributed by atoms with E-state index in [0.29, 0.717) is 5.57 Å². The quantitative estimate of drug-likeness (QED) is 0.720. The van der Waals surface area contributed by atoms with E-state index < -0.39 is 0 Å². The number of nitrogens with two attached hydrogens (primary N) is 1. The number of benzene rings is 1. The number of piperidine rings is 1. The second-order valence-corrected chi connectivity index (χ2v) is 7.05. The highest BCUT2D eigenvalue weighted by Crippen LogP contribution is 2.55. The van der Waals surface area contributed by atoms with Crippen LogP contribution in [0.1, 0.15) is 24.4 Å². The number of nitrogens with one attached hydrogen (secondary N) is 2. The van der Waals surface area contributed by atoms with Crippen molar-refractivity contribution in [3.05, 3.63) is 47.4 Å². The molecule has 3 atom stereocenters. The van der Waals surface area contributed by atoms with E-state index in [1.165, 1.54) is 5.56 Å². The van der Waals surface area contributed by atoms with Crippen molar-refractivity contribution in [3.63, 3.8) is 0 Å². The van der Waals surface area contributed by atoms with Crippen molar-refractivity contribution in [2.24, 2.45) is 17.1 Å². The molecule has 6 heteroatoms. The molecule has 0 saturated carbocycles. The monoisotopic (exact) mass is 325 g/mol. The summed E-state index contributed by atoms with van der Waals surface area (Å²) < 4.78 is 5.87. The molecule has 126 valence electrons. The Kier molecular flexibility index (Phi) is 3.72. The lowest BCUT2D eigenvalue weighted by Gasteiger charge is -2.49. The van der Waals surface area contributed by atoms with Crippen molar-refractivity contribution in [1.82, 2.24) is 15.8 Å². The lowest BCUT2D eigenvalue weighted by atomic mass is 9.60. The molecule has 0 radical (unpaired) electrons. The van der Waals surface area contributed by atoms with Gasteiger partial charge < -0.3 is 15.4 Å². The summed E-state index contributed by atoms with van der Waals surface area (Å²) in [6.45, 7) is 1.92. The van der Waals surface area contributed by atoms with Crippen LogP contribution >= 0.6 is 0 Å². The van der Waals surface area contributed by atoms with Crippen LogP contribution in [0.5, 0.6) is 0 Å². The summed E-state index contributed by atoms with van der Waals surface area (Å²) in [6, 6.07) is 12.8. The van der Waals surface area contributed by atoms with Gasteiger partial charge in [-0.3, -0.25) is 0 Å². The maximum Gasteiger partial charge on any atom is 0.200 e. The number of hydrogen-bond donors (Lipinski definition) is 3. The molecular formula is C18H23N5O. The van der Waals surface area contributed by atoms with Gasteiger partial charge in [0.1, 0.15) is 6.07 Å². The molecule has 1 aromatic rings. The van der Waals surface area contributed by atoms with Crippen LogP contribution in [0.4, 0.5) is 0 Å².